The Hall–Kier alpha value is -2.01. The number of nitrogens with one attached hydrogen (secondary N) is 1. The molecule has 3 N–H and O–H groups in total. The molecule has 1 saturated carbocycles. The van der Waals surface area contributed by atoms with E-state index in [0.717, 1.165) is 23.7 Å². The first-order valence-electron chi connectivity index (χ1n) is 7.00. The van der Waals surface area contributed by atoms with Gasteiger partial charge in [0.15, 0.2) is 0 Å². The molecule has 1 aliphatic carbocycles. The van der Waals surface area contributed by atoms with E-state index < -0.39 is 0 Å². The van der Waals surface area contributed by atoms with Crippen molar-refractivity contribution in [3.63, 3.8) is 0 Å². The molecule has 0 atom stereocenters. The first kappa shape index (κ1) is 13.0. The van der Waals surface area contributed by atoms with E-state index in [1.54, 1.807) is 7.11 Å². The number of hydrogen-bond acceptors (Lipinski definition) is 4. The molecule has 5 heteroatoms. The third-order valence-corrected chi connectivity index (χ3v) is 3.54. The summed E-state index contributed by atoms with van der Waals surface area (Å²) in [6.07, 6.45) is 4.33. The first-order valence-corrected chi connectivity index (χ1v) is 7.00. The summed E-state index contributed by atoms with van der Waals surface area (Å²) in [6, 6.07) is 7.96. The highest BCUT2D eigenvalue weighted by Crippen LogP contribution is 2.44. The molecule has 2 aromatic rings. The Bertz CT molecular complexity index is 589. The van der Waals surface area contributed by atoms with Crippen LogP contribution in [0.3, 0.4) is 0 Å². The number of ether oxygens (including phenoxy) is 1. The summed E-state index contributed by atoms with van der Waals surface area (Å²) in [7, 11) is 1.69. The van der Waals surface area contributed by atoms with Crippen molar-refractivity contribution in [2.75, 3.05) is 25.5 Å². The second kappa shape index (κ2) is 5.54. The smallest absolute Gasteiger partial charge is 0.144 e. The van der Waals surface area contributed by atoms with Crippen LogP contribution >= 0.6 is 0 Å². The zero-order chi connectivity index (χ0) is 13.9. The van der Waals surface area contributed by atoms with Gasteiger partial charge in [0, 0.05) is 19.0 Å². The van der Waals surface area contributed by atoms with E-state index in [2.05, 4.69) is 10.4 Å². The van der Waals surface area contributed by atoms with Crippen LogP contribution in [-0.2, 0) is 0 Å². The minimum atomic E-state index is 0.586. The lowest BCUT2D eigenvalue weighted by atomic mass is 10.2. The molecule has 20 heavy (non-hydrogen) atoms. The molecule has 0 bridgehead atoms. The Kier molecular flexibility index (Phi) is 3.60. The fraction of sp³-hybridized carbons (Fsp3) is 0.400. The number of aromatic nitrogens is 2. The monoisotopic (exact) mass is 272 g/mol. The summed E-state index contributed by atoms with van der Waals surface area (Å²) in [5.74, 6) is 1.42. The molecular weight excluding hydrogens is 252 g/mol. The van der Waals surface area contributed by atoms with E-state index >= 15 is 0 Å². The molecule has 5 nitrogen and oxygen atoms in total. The van der Waals surface area contributed by atoms with Crippen LogP contribution in [0.1, 0.15) is 24.5 Å². The number of methoxy groups -OCH3 is 1. The number of hydrogen-bond donors (Lipinski definition) is 2. The summed E-state index contributed by atoms with van der Waals surface area (Å²) in [5.41, 5.74) is 8.88. The van der Waals surface area contributed by atoms with Crippen molar-refractivity contribution in [3.05, 3.63) is 36.2 Å². The SMILES string of the molecule is COc1ccccc1-n1ncc(NCCN)c1C1CC1. The van der Waals surface area contributed by atoms with Crippen LogP contribution < -0.4 is 15.8 Å². The van der Waals surface area contributed by atoms with Crippen LogP contribution in [0.25, 0.3) is 5.69 Å². The number of nitrogens with zero attached hydrogens (tertiary/aromatic N) is 2. The minimum Gasteiger partial charge on any atom is -0.494 e. The summed E-state index contributed by atoms with van der Waals surface area (Å²) in [6.45, 7) is 1.38. The Morgan fingerprint density at radius 3 is 2.90 bits per heavy atom. The lowest BCUT2D eigenvalue weighted by Gasteiger charge is -2.12. The quantitative estimate of drug-likeness (QED) is 0.845. The molecule has 0 unspecified atom stereocenters. The van der Waals surface area contributed by atoms with Gasteiger partial charge in [0.05, 0.1) is 24.7 Å². The molecule has 0 amide bonds. The predicted molar refractivity (Wildman–Crippen MR) is 79.6 cm³/mol. The number of benzene rings is 1. The predicted octanol–water partition coefficient (Wildman–Crippen LogP) is 2.13. The van der Waals surface area contributed by atoms with Crippen molar-refractivity contribution in [1.82, 2.24) is 9.78 Å². The summed E-state index contributed by atoms with van der Waals surface area (Å²) < 4.78 is 7.44. The third kappa shape index (κ3) is 2.36. The van der Waals surface area contributed by atoms with Crippen molar-refractivity contribution < 1.29 is 4.74 Å². The van der Waals surface area contributed by atoms with Gasteiger partial charge >= 0.3 is 0 Å². The number of rotatable bonds is 6. The number of nitrogens with two attached hydrogens (primary N) is 1. The molecule has 106 valence electrons. The molecule has 1 aromatic heterocycles. The van der Waals surface area contributed by atoms with Gasteiger partial charge in [0.2, 0.25) is 0 Å². The van der Waals surface area contributed by atoms with Gasteiger partial charge in [-0.05, 0) is 25.0 Å². The van der Waals surface area contributed by atoms with Crippen molar-refractivity contribution in [3.8, 4) is 11.4 Å². The minimum absolute atomic E-state index is 0.586. The van der Waals surface area contributed by atoms with Crippen LogP contribution in [0, 0.1) is 0 Å². The van der Waals surface area contributed by atoms with E-state index in [4.69, 9.17) is 10.5 Å². The summed E-state index contributed by atoms with van der Waals surface area (Å²) in [4.78, 5) is 0. The third-order valence-electron chi connectivity index (χ3n) is 3.54. The molecule has 0 aliphatic heterocycles. The maximum atomic E-state index is 5.57. The lowest BCUT2D eigenvalue weighted by molar-refractivity contribution is 0.411. The van der Waals surface area contributed by atoms with Gasteiger partial charge in [-0.25, -0.2) is 4.68 Å². The van der Waals surface area contributed by atoms with Gasteiger partial charge in [-0.3, -0.25) is 0 Å². The average Bonchev–Trinajstić information content (AvgIpc) is 3.25. The maximum absolute atomic E-state index is 5.57. The van der Waals surface area contributed by atoms with Crippen LogP contribution in [0.15, 0.2) is 30.5 Å². The molecule has 1 aromatic carbocycles. The Morgan fingerprint density at radius 2 is 2.20 bits per heavy atom. The van der Waals surface area contributed by atoms with E-state index in [1.807, 2.05) is 35.1 Å². The van der Waals surface area contributed by atoms with Crippen molar-refractivity contribution in [2.24, 2.45) is 5.73 Å². The van der Waals surface area contributed by atoms with Crippen LogP contribution in [0.5, 0.6) is 5.75 Å². The highest BCUT2D eigenvalue weighted by atomic mass is 16.5. The molecular formula is C15H20N4O. The van der Waals surface area contributed by atoms with Crippen molar-refractivity contribution >= 4 is 5.69 Å². The molecule has 0 saturated heterocycles. The van der Waals surface area contributed by atoms with E-state index in [1.165, 1.54) is 18.5 Å². The van der Waals surface area contributed by atoms with Gasteiger partial charge in [-0.2, -0.15) is 5.10 Å². The summed E-state index contributed by atoms with van der Waals surface area (Å²) in [5, 5.41) is 7.91. The normalized spacial score (nSPS) is 14.3. The molecule has 1 aliphatic rings. The first-order chi connectivity index (χ1) is 9.85. The van der Waals surface area contributed by atoms with E-state index in [9.17, 15) is 0 Å². The second-order valence-corrected chi connectivity index (χ2v) is 5.02. The second-order valence-electron chi connectivity index (χ2n) is 5.02. The number of para-hydroxylation sites is 2. The Balaban J connectivity index is 2.02. The average molecular weight is 272 g/mol. The van der Waals surface area contributed by atoms with E-state index in [0.29, 0.717) is 12.5 Å². The lowest BCUT2D eigenvalue weighted by Crippen LogP contribution is -2.14. The highest BCUT2D eigenvalue weighted by Gasteiger charge is 2.31. The Labute approximate surface area is 118 Å². The topological polar surface area (TPSA) is 65.1 Å². The van der Waals surface area contributed by atoms with Crippen LogP contribution in [-0.4, -0.2) is 30.0 Å². The van der Waals surface area contributed by atoms with Gasteiger partial charge in [0.25, 0.3) is 0 Å². The van der Waals surface area contributed by atoms with Crippen LogP contribution in [0.4, 0.5) is 5.69 Å². The molecule has 0 radical (unpaired) electrons. The van der Waals surface area contributed by atoms with Gasteiger partial charge < -0.3 is 15.8 Å². The highest BCUT2D eigenvalue weighted by molar-refractivity contribution is 5.56. The summed E-state index contributed by atoms with van der Waals surface area (Å²) >= 11 is 0. The Morgan fingerprint density at radius 1 is 1.40 bits per heavy atom. The standard InChI is InChI=1S/C15H20N4O/c1-20-14-5-3-2-4-13(14)19-15(11-6-7-11)12(10-18-19)17-9-8-16/h2-5,10-11,17H,6-9,16H2,1H3. The molecule has 0 spiro atoms. The van der Waals surface area contributed by atoms with Crippen LogP contribution in [0.2, 0.25) is 0 Å². The zero-order valence-corrected chi connectivity index (χ0v) is 11.7. The molecule has 1 fully saturated rings. The maximum Gasteiger partial charge on any atom is 0.144 e. The fourth-order valence-electron chi connectivity index (χ4n) is 2.45. The fourth-order valence-corrected chi connectivity index (χ4v) is 2.45. The van der Waals surface area contributed by atoms with Gasteiger partial charge in [-0.15, -0.1) is 0 Å². The van der Waals surface area contributed by atoms with Crippen molar-refractivity contribution in [2.45, 2.75) is 18.8 Å². The molecule has 3 rings (SSSR count). The molecule has 1 heterocycles. The zero-order valence-electron chi connectivity index (χ0n) is 11.7. The van der Waals surface area contributed by atoms with Crippen molar-refractivity contribution in [1.29, 1.82) is 0 Å². The van der Waals surface area contributed by atoms with E-state index in [-0.39, 0.29) is 0 Å². The number of anilines is 1. The van der Waals surface area contributed by atoms with Gasteiger partial charge in [0.1, 0.15) is 11.4 Å². The largest absolute Gasteiger partial charge is 0.494 e. The van der Waals surface area contributed by atoms with Gasteiger partial charge in [-0.1, -0.05) is 12.1 Å².